The van der Waals surface area contributed by atoms with Gasteiger partial charge >= 0.3 is 5.97 Å². The number of carbonyl (C=O) groups excluding carboxylic acids is 2. The first kappa shape index (κ1) is 27.9. The fraction of sp³-hybridized carbons (Fsp3) is 0.879. The Morgan fingerprint density at radius 2 is 1.78 bits per heavy atom. The van der Waals surface area contributed by atoms with E-state index in [9.17, 15) is 9.59 Å². The lowest BCUT2D eigenvalue weighted by atomic mass is 9.47. The Balaban J connectivity index is 1.38. The highest BCUT2D eigenvalue weighted by atomic mass is 16.5. The van der Waals surface area contributed by atoms with Crippen molar-refractivity contribution in [2.45, 2.75) is 138 Å². The van der Waals surface area contributed by atoms with Gasteiger partial charge in [0.1, 0.15) is 11.9 Å². The van der Waals surface area contributed by atoms with Gasteiger partial charge in [-0.05, 0) is 91.3 Å². The summed E-state index contributed by atoms with van der Waals surface area (Å²) in [6.07, 6.45) is 17.7. The normalized spacial score (nSPS) is 38.5. The van der Waals surface area contributed by atoms with E-state index in [2.05, 4.69) is 40.7 Å². The zero-order chi connectivity index (χ0) is 26.1. The van der Waals surface area contributed by atoms with Gasteiger partial charge in [-0.15, -0.1) is 0 Å². The summed E-state index contributed by atoms with van der Waals surface area (Å²) >= 11 is 0. The van der Waals surface area contributed by atoms with Crippen LogP contribution in [0.15, 0.2) is 11.6 Å². The van der Waals surface area contributed by atoms with Crippen LogP contribution in [-0.4, -0.2) is 17.9 Å². The number of esters is 1. The Morgan fingerprint density at radius 1 is 1.00 bits per heavy atom. The lowest BCUT2D eigenvalue weighted by Gasteiger charge is -2.58. The van der Waals surface area contributed by atoms with E-state index in [1.54, 1.807) is 5.57 Å². The van der Waals surface area contributed by atoms with Crippen LogP contribution >= 0.6 is 0 Å². The van der Waals surface area contributed by atoms with E-state index >= 15 is 0 Å². The van der Waals surface area contributed by atoms with Gasteiger partial charge in [-0.2, -0.15) is 0 Å². The molecule has 0 radical (unpaired) electrons. The van der Waals surface area contributed by atoms with Crippen molar-refractivity contribution in [1.29, 1.82) is 0 Å². The maximum atomic E-state index is 12.4. The minimum atomic E-state index is -0.187. The van der Waals surface area contributed by atoms with Gasteiger partial charge < -0.3 is 4.74 Å². The molecule has 0 N–H and O–H groups in total. The zero-order valence-corrected chi connectivity index (χ0v) is 24.2. The minimum Gasteiger partial charge on any atom is -0.462 e. The molecule has 36 heavy (non-hydrogen) atoms. The molecule has 0 saturated heterocycles. The topological polar surface area (TPSA) is 43.4 Å². The molecule has 0 aliphatic heterocycles. The Morgan fingerprint density at radius 3 is 2.50 bits per heavy atom. The lowest BCUT2D eigenvalue weighted by molar-refractivity contribution is -0.152. The molecule has 4 aliphatic carbocycles. The first-order valence-electron chi connectivity index (χ1n) is 15.5. The van der Waals surface area contributed by atoms with Crippen molar-refractivity contribution >= 4 is 11.8 Å². The standard InChI is InChI=1S/C33H54O3/c1-7-25(34)12-16-31(35)36-26-17-19-32(5)24(21-26)11-13-27-29-15-14-28(23(4)10-8-9-22(2)3)33(29,6)20-18-30(27)32/h11,22-23,26-30H,7-10,12-21H2,1-6H3. The highest BCUT2D eigenvalue weighted by molar-refractivity contribution is 5.82. The van der Waals surface area contributed by atoms with Gasteiger partial charge in [0.05, 0.1) is 6.42 Å². The first-order valence-corrected chi connectivity index (χ1v) is 15.5. The first-order chi connectivity index (χ1) is 17.1. The molecule has 4 aliphatic rings. The quantitative estimate of drug-likeness (QED) is 0.223. The van der Waals surface area contributed by atoms with E-state index < -0.39 is 0 Å². The molecular weight excluding hydrogens is 444 g/mol. The Labute approximate surface area is 221 Å². The summed E-state index contributed by atoms with van der Waals surface area (Å²) < 4.78 is 5.86. The van der Waals surface area contributed by atoms with Gasteiger partial charge in [-0.25, -0.2) is 0 Å². The molecule has 3 heteroatoms. The van der Waals surface area contributed by atoms with Crippen LogP contribution in [0, 0.1) is 46.3 Å². The fourth-order valence-electron chi connectivity index (χ4n) is 9.42. The number of hydrogen-bond donors (Lipinski definition) is 0. The molecule has 204 valence electrons. The third-order valence-electron chi connectivity index (χ3n) is 11.6. The van der Waals surface area contributed by atoms with Crippen LogP contribution in [-0.2, 0) is 14.3 Å². The third kappa shape index (κ3) is 5.51. The second kappa shape index (κ2) is 11.3. The van der Waals surface area contributed by atoms with Gasteiger partial charge in [0, 0.05) is 19.3 Å². The van der Waals surface area contributed by atoms with Crippen molar-refractivity contribution in [3.8, 4) is 0 Å². The second-order valence-corrected chi connectivity index (χ2v) is 14.0. The highest BCUT2D eigenvalue weighted by Gasteiger charge is 2.59. The van der Waals surface area contributed by atoms with Gasteiger partial charge in [0.25, 0.3) is 0 Å². The number of Topliss-reactive ketones (excluding diaryl/α,β-unsaturated/α-hetero) is 1. The summed E-state index contributed by atoms with van der Waals surface area (Å²) in [6, 6.07) is 0. The molecule has 3 nitrogen and oxygen atoms in total. The van der Waals surface area contributed by atoms with Crippen LogP contribution in [0.2, 0.25) is 0 Å². The molecular formula is C33H54O3. The number of ketones is 1. The van der Waals surface area contributed by atoms with Crippen molar-refractivity contribution in [1.82, 2.24) is 0 Å². The Kier molecular flexibility index (Phi) is 8.77. The summed E-state index contributed by atoms with van der Waals surface area (Å²) in [4.78, 5) is 23.9. The predicted molar refractivity (Wildman–Crippen MR) is 147 cm³/mol. The highest BCUT2D eigenvalue weighted by Crippen LogP contribution is 2.67. The molecule has 8 unspecified atom stereocenters. The van der Waals surface area contributed by atoms with E-state index in [1.807, 2.05) is 6.92 Å². The summed E-state index contributed by atoms with van der Waals surface area (Å²) in [5.41, 5.74) is 2.38. The minimum absolute atomic E-state index is 0.00140. The van der Waals surface area contributed by atoms with Gasteiger partial charge in [-0.1, -0.05) is 72.5 Å². The van der Waals surface area contributed by atoms with Crippen LogP contribution in [0.25, 0.3) is 0 Å². The van der Waals surface area contributed by atoms with Crippen LogP contribution < -0.4 is 0 Å². The van der Waals surface area contributed by atoms with Gasteiger partial charge in [-0.3, -0.25) is 9.59 Å². The largest absolute Gasteiger partial charge is 0.462 e. The molecule has 0 aromatic heterocycles. The van der Waals surface area contributed by atoms with Crippen molar-refractivity contribution in [2.75, 3.05) is 0 Å². The molecule has 0 aromatic carbocycles. The van der Waals surface area contributed by atoms with E-state index in [0.29, 0.717) is 18.3 Å². The van der Waals surface area contributed by atoms with Gasteiger partial charge in [0.15, 0.2) is 0 Å². The maximum absolute atomic E-state index is 12.4. The molecule has 3 fully saturated rings. The fourth-order valence-corrected chi connectivity index (χ4v) is 9.42. The molecule has 0 spiro atoms. The molecule has 0 heterocycles. The van der Waals surface area contributed by atoms with E-state index in [0.717, 1.165) is 54.8 Å². The van der Waals surface area contributed by atoms with Crippen LogP contribution in [0.1, 0.15) is 131 Å². The average Bonchev–Trinajstić information content (AvgIpc) is 3.19. The third-order valence-corrected chi connectivity index (χ3v) is 11.6. The van der Waals surface area contributed by atoms with Crippen LogP contribution in [0.3, 0.4) is 0 Å². The van der Waals surface area contributed by atoms with Crippen molar-refractivity contribution < 1.29 is 14.3 Å². The van der Waals surface area contributed by atoms with Crippen molar-refractivity contribution in [3.05, 3.63) is 11.6 Å². The number of carbonyl (C=O) groups is 2. The second-order valence-electron chi connectivity index (χ2n) is 14.0. The number of fused-ring (bicyclic) bond motifs is 5. The summed E-state index contributed by atoms with van der Waals surface area (Å²) in [7, 11) is 0. The monoisotopic (exact) mass is 498 g/mol. The predicted octanol–water partition coefficient (Wildman–Crippen LogP) is 8.70. The lowest BCUT2D eigenvalue weighted by Crippen LogP contribution is -2.51. The summed E-state index contributed by atoms with van der Waals surface area (Å²) in [5, 5.41) is 0. The van der Waals surface area contributed by atoms with E-state index in [4.69, 9.17) is 4.74 Å². The SMILES string of the molecule is CCC(=O)CCC(=O)OC1CCC2(C)C(=CCC3C2CCC2(C)C(C(C)CCCC(C)C)CCC32)C1. The van der Waals surface area contributed by atoms with Gasteiger partial charge in [0.2, 0.25) is 0 Å². The van der Waals surface area contributed by atoms with Crippen LogP contribution in [0.5, 0.6) is 0 Å². The molecule has 0 bridgehead atoms. The maximum Gasteiger partial charge on any atom is 0.306 e. The number of allylic oxidation sites excluding steroid dienone is 1. The molecule has 3 saturated carbocycles. The smallest absolute Gasteiger partial charge is 0.306 e. The molecule has 0 aromatic rings. The number of rotatable bonds is 10. The summed E-state index contributed by atoms with van der Waals surface area (Å²) in [6.45, 7) is 14.3. The van der Waals surface area contributed by atoms with E-state index in [1.165, 1.54) is 51.4 Å². The Bertz CT molecular complexity index is 827. The van der Waals surface area contributed by atoms with Crippen molar-refractivity contribution in [3.63, 3.8) is 0 Å². The number of ether oxygens (including phenoxy) is 1. The molecule has 0 amide bonds. The zero-order valence-electron chi connectivity index (χ0n) is 24.2. The van der Waals surface area contributed by atoms with E-state index in [-0.39, 0.29) is 29.7 Å². The average molecular weight is 499 g/mol. The van der Waals surface area contributed by atoms with Crippen LogP contribution in [0.4, 0.5) is 0 Å². The number of hydrogen-bond acceptors (Lipinski definition) is 3. The van der Waals surface area contributed by atoms with Crippen molar-refractivity contribution in [2.24, 2.45) is 46.3 Å². The Hall–Kier alpha value is -1.12. The summed E-state index contributed by atoms with van der Waals surface area (Å²) in [5.74, 6) is 5.07. The molecule has 4 rings (SSSR count). The molecule has 8 atom stereocenters.